The first-order chi connectivity index (χ1) is 22.3. The van der Waals surface area contributed by atoms with Gasteiger partial charge in [-0.05, 0) is 76.9 Å². The lowest BCUT2D eigenvalue weighted by molar-refractivity contribution is 0.663. The monoisotopic (exact) mass is 577 g/mol. The van der Waals surface area contributed by atoms with Crippen molar-refractivity contribution in [3.8, 4) is 22.3 Å². The Labute approximate surface area is 260 Å². The molecule has 3 heteroatoms. The smallest absolute Gasteiger partial charge is 0.159 e. The second-order valence-corrected chi connectivity index (χ2v) is 11.3. The van der Waals surface area contributed by atoms with Crippen molar-refractivity contribution in [2.24, 2.45) is 0 Å². The van der Waals surface area contributed by atoms with E-state index in [1.165, 1.54) is 11.1 Å². The summed E-state index contributed by atoms with van der Waals surface area (Å²) in [6.07, 6.45) is 0. The highest BCUT2D eigenvalue weighted by Gasteiger charge is 2.23. The molecular formula is C42H27NO2. The van der Waals surface area contributed by atoms with E-state index in [2.05, 4.69) is 144 Å². The van der Waals surface area contributed by atoms with Crippen LogP contribution >= 0.6 is 0 Å². The highest BCUT2D eigenvalue weighted by Crippen LogP contribution is 2.47. The summed E-state index contributed by atoms with van der Waals surface area (Å²) in [4.78, 5) is 2.29. The Hall–Kier alpha value is -6.06. The number of hydrogen-bond donors (Lipinski definition) is 0. The molecule has 2 heterocycles. The molecule has 0 bridgehead atoms. The van der Waals surface area contributed by atoms with Crippen LogP contribution in [0.15, 0.2) is 173 Å². The Morgan fingerprint density at radius 3 is 1.53 bits per heavy atom. The van der Waals surface area contributed by atoms with Crippen LogP contribution in [0.4, 0.5) is 17.1 Å². The molecule has 9 aromatic rings. The van der Waals surface area contributed by atoms with Gasteiger partial charge in [0.1, 0.15) is 16.7 Å². The fourth-order valence-electron chi connectivity index (χ4n) is 6.57. The first-order valence-corrected chi connectivity index (χ1v) is 15.2. The summed E-state index contributed by atoms with van der Waals surface area (Å²) in [7, 11) is 0. The van der Waals surface area contributed by atoms with E-state index < -0.39 is 0 Å². The molecule has 0 saturated heterocycles. The maximum Gasteiger partial charge on any atom is 0.159 e. The third kappa shape index (κ3) is 4.21. The van der Waals surface area contributed by atoms with Crippen molar-refractivity contribution in [3.05, 3.63) is 164 Å². The Morgan fingerprint density at radius 1 is 0.356 bits per heavy atom. The van der Waals surface area contributed by atoms with E-state index in [1.807, 2.05) is 24.3 Å². The van der Waals surface area contributed by atoms with Crippen molar-refractivity contribution < 1.29 is 8.83 Å². The van der Waals surface area contributed by atoms with Crippen LogP contribution in [-0.2, 0) is 0 Å². The number of benzene rings is 7. The molecule has 0 spiro atoms. The van der Waals surface area contributed by atoms with E-state index in [4.69, 9.17) is 8.83 Å². The molecule has 0 amide bonds. The summed E-state index contributed by atoms with van der Waals surface area (Å²) in [5, 5.41) is 4.29. The van der Waals surface area contributed by atoms with Gasteiger partial charge in [0.25, 0.3) is 0 Å². The molecule has 212 valence electrons. The van der Waals surface area contributed by atoms with Crippen molar-refractivity contribution in [3.63, 3.8) is 0 Å². The van der Waals surface area contributed by atoms with Crippen molar-refractivity contribution in [2.75, 3.05) is 4.90 Å². The lowest BCUT2D eigenvalue weighted by atomic mass is 9.97. The molecule has 0 saturated carbocycles. The van der Waals surface area contributed by atoms with Gasteiger partial charge in [0, 0.05) is 32.9 Å². The molecule has 0 fully saturated rings. The van der Waals surface area contributed by atoms with Crippen LogP contribution in [0.25, 0.3) is 66.1 Å². The average molecular weight is 578 g/mol. The second kappa shape index (κ2) is 10.3. The number of hydrogen-bond acceptors (Lipinski definition) is 3. The fourth-order valence-corrected chi connectivity index (χ4v) is 6.57. The number of rotatable bonds is 5. The van der Waals surface area contributed by atoms with Gasteiger partial charge in [0.15, 0.2) is 5.58 Å². The van der Waals surface area contributed by atoms with Gasteiger partial charge in [-0.15, -0.1) is 0 Å². The molecule has 9 rings (SSSR count). The van der Waals surface area contributed by atoms with Crippen LogP contribution in [0.5, 0.6) is 0 Å². The van der Waals surface area contributed by atoms with Crippen LogP contribution < -0.4 is 4.90 Å². The minimum Gasteiger partial charge on any atom is -0.456 e. The molecular weight excluding hydrogens is 550 g/mol. The molecule has 7 aromatic carbocycles. The van der Waals surface area contributed by atoms with Gasteiger partial charge in [0.2, 0.25) is 0 Å². The van der Waals surface area contributed by atoms with Gasteiger partial charge in [-0.3, -0.25) is 0 Å². The maximum absolute atomic E-state index is 6.82. The molecule has 45 heavy (non-hydrogen) atoms. The van der Waals surface area contributed by atoms with Crippen LogP contribution in [0, 0.1) is 0 Å². The first-order valence-electron chi connectivity index (χ1n) is 15.2. The van der Waals surface area contributed by atoms with E-state index in [1.54, 1.807) is 0 Å². The third-order valence-electron chi connectivity index (χ3n) is 8.65. The lowest BCUT2D eigenvalue weighted by Gasteiger charge is -2.26. The predicted molar refractivity (Wildman–Crippen MR) is 187 cm³/mol. The highest BCUT2D eigenvalue weighted by molar-refractivity contribution is 6.27. The molecule has 0 aliphatic carbocycles. The van der Waals surface area contributed by atoms with E-state index >= 15 is 0 Å². The molecule has 0 aliphatic rings. The molecule has 0 N–H and O–H groups in total. The quantitative estimate of drug-likeness (QED) is 0.204. The predicted octanol–water partition coefficient (Wildman–Crippen LogP) is 12.3. The van der Waals surface area contributed by atoms with Gasteiger partial charge in [-0.25, -0.2) is 0 Å². The van der Waals surface area contributed by atoms with Crippen molar-refractivity contribution in [1.29, 1.82) is 0 Å². The minimum atomic E-state index is 0.833. The standard InChI is InChI=1S/C42H27NO2/c1-4-12-28(13-5-1)29-20-22-30(23-21-29)31-26-35-41-39(25-24-38-40(41)34-18-10-11-19-37(34)44-38)45-42(35)36(27-31)43(32-14-6-2-7-15-32)33-16-8-3-9-17-33/h1-27H. The zero-order valence-corrected chi connectivity index (χ0v) is 24.4. The SMILES string of the molecule is c1ccc(-c2ccc(-c3cc(N(c4ccccc4)c4ccccc4)c4oc5ccc6oc7ccccc7c6c5c4c3)cc2)cc1. The number of nitrogens with zero attached hydrogens (tertiary/aromatic N) is 1. The zero-order chi connectivity index (χ0) is 29.7. The molecule has 0 unspecified atom stereocenters. The Kier molecular flexibility index (Phi) is 5.82. The van der Waals surface area contributed by atoms with E-state index in [9.17, 15) is 0 Å². The normalized spacial score (nSPS) is 11.6. The molecule has 0 atom stereocenters. The van der Waals surface area contributed by atoms with Crippen LogP contribution in [-0.4, -0.2) is 0 Å². The highest BCUT2D eigenvalue weighted by atomic mass is 16.3. The van der Waals surface area contributed by atoms with Crippen LogP contribution in [0.2, 0.25) is 0 Å². The Balaban J connectivity index is 1.36. The van der Waals surface area contributed by atoms with Gasteiger partial charge < -0.3 is 13.7 Å². The largest absolute Gasteiger partial charge is 0.456 e. The summed E-state index contributed by atoms with van der Waals surface area (Å²) in [5.74, 6) is 0. The summed E-state index contributed by atoms with van der Waals surface area (Å²) in [5.41, 5.74) is 11.1. The maximum atomic E-state index is 6.82. The van der Waals surface area contributed by atoms with E-state index in [0.29, 0.717) is 0 Å². The van der Waals surface area contributed by atoms with Crippen molar-refractivity contribution in [1.82, 2.24) is 0 Å². The molecule has 2 aromatic heterocycles. The van der Waals surface area contributed by atoms with Crippen LogP contribution in [0.3, 0.4) is 0 Å². The number of furan rings is 2. The minimum absolute atomic E-state index is 0.833. The zero-order valence-electron chi connectivity index (χ0n) is 24.4. The summed E-state index contributed by atoms with van der Waals surface area (Å²) >= 11 is 0. The van der Waals surface area contributed by atoms with Crippen molar-refractivity contribution >= 4 is 60.9 Å². The van der Waals surface area contributed by atoms with Gasteiger partial charge in [-0.2, -0.15) is 0 Å². The third-order valence-corrected chi connectivity index (χ3v) is 8.65. The lowest BCUT2D eigenvalue weighted by Crippen LogP contribution is -2.10. The summed E-state index contributed by atoms with van der Waals surface area (Å²) < 4.78 is 13.1. The summed E-state index contributed by atoms with van der Waals surface area (Å²) in [6.45, 7) is 0. The van der Waals surface area contributed by atoms with Crippen molar-refractivity contribution in [2.45, 2.75) is 0 Å². The average Bonchev–Trinajstić information content (AvgIpc) is 3.68. The topological polar surface area (TPSA) is 29.5 Å². The first kappa shape index (κ1) is 25.4. The Bertz CT molecular complexity index is 2420. The van der Waals surface area contributed by atoms with Gasteiger partial charge >= 0.3 is 0 Å². The number of anilines is 3. The van der Waals surface area contributed by atoms with Gasteiger partial charge in [-0.1, -0.05) is 109 Å². The number of para-hydroxylation sites is 3. The van der Waals surface area contributed by atoms with Crippen LogP contribution in [0.1, 0.15) is 0 Å². The molecule has 0 radical (unpaired) electrons. The molecule has 0 aliphatic heterocycles. The molecule has 3 nitrogen and oxygen atoms in total. The fraction of sp³-hybridized carbons (Fsp3) is 0. The second-order valence-electron chi connectivity index (χ2n) is 11.3. The van der Waals surface area contributed by atoms with Gasteiger partial charge in [0.05, 0.1) is 5.69 Å². The van der Waals surface area contributed by atoms with E-state index in [-0.39, 0.29) is 0 Å². The summed E-state index contributed by atoms with van der Waals surface area (Å²) in [6, 6.07) is 57.2. The Morgan fingerprint density at radius 2 is 0.867 bits per heavy atom. The number of fused-ring (bicyclic) bond motifs is 7. The van der Waals surface area contributed by atoms with E-state index in [0.717, 1.165) is 72.1 Å².